The lowest BCUT2D eigenvalue weighted by Crippen LogP contribution is -2.15. The fourth-order valence-corrected chi connectivity index (χ4v) is 2.68. The number of rotatable bonds is 3. The highest BCUT2D eigenvalue weighted by Crippen LogP contribution is 2.38. The zero-order valence-electron chi connectivity index (χ0n) is 11.0. The van der Waals surface area contributed by atoms with Crippen LogP contribution in [0.5, 0.6) is 11.5 Å². The van der Waals surface area contributed by atoms with Crippen molar-refractivity contribution in [2.24, 2.45) is 0 Å². The second-order valence-electron chi connectivity index (χ2n) is 4.56. The standard InChI is InChI=1S/C15H12BrClFNO2/c16-11-6-14-15(21-4-3-20-14)7-13(11)19-8-9-1-2-10(17)5-12(9)18/h1-2,5-7,19H,3-4,8H2. The van der Waals surface area contributed by atoms with Crippen molar-refractivity contribution in [3.63, 3.8) is 0 Å². The van der Waals surface area contributed by atoms with Crippen LogP contribution < -0.4 is 14.8 Å². The molecule has 0 spiro atoms. The number of fused-ring (bicyclic) bond motifs is 1. The van der Waals surface area contributed by atoms with Gasteiger partial charge in [0.05, 0.1) is 5.69 Å². The highest BCUT2D eigenvalue weighted by molar-refractivity contribution is 9.10. The molecule has 1 aliphatic heterocycles. The van der Waals surface area contributed by atoms with Crippen LogP contribution in [0.25, 0.3) is 0 Å². The monoisotopic (exact) mass is 371 g/mol. The van der Waals surface area contributed by atoms with Gasteiger partial charge in [0.25, 0.3) is 0 Å². The molecule has 0 amide bonds. The van der Waals surface area contributed by atoms with Crippen molar-refractivity contribution in [1.82, 2.24) is 0 Å². The van der Waals surface area contributed by atoms with Crippen LogP contribution >= 0.6 is 27.5 Å². The predicted octanol–water partition coefficient (Wildman–Crippen LogP) is 4.62. The van der Waals surface area contributed by atoms with Crippen molar-refractivity contribution in [3.05, 3.63) is 51.2 Å². The number of nitrogens with one attached hydrogen (secondary N) is 1. The van der Waals surface area contributed by atoms with E-state index in [9.17, 15) is 4.39 Å². The van der Waals surface area contributed by atoms with Gasteiger partial charge in [-0.15, -0.1) is 0 Å². The van der Waals surface area contributed by atoms with Gasteiger partial charge in [-0.2, -0.15) is 0 Å². The summed E-state index contributed by atoms with van der Waals surface area (Å²) in [6.07, 6.45) is 0. The summed E-state index contributed by atoms with van der Waals surface area (Å²) in [6.45, 7) is 1.42. The molecule has 0 atom stereocenters. The quantitative estimate of drug-likeness (QED) is 0.852. The summed E-state index contributed by atoms with van der Waals surface area (Å²) in [5.41, 5.74) is 1.36. The molecule has 3 nitrogen and oxygen atoms in total. The molecule has 0 saturated carbocycles. The molecule has 0 fully saturated rings. The van der Waals surface area contributed by atoms with E-state index in [0.717, 1.165) is 10.2 Å². The van der Waals surface area contributed by atoms with Crippen molar-refractivity contribution >= 4 is 33.2 Å². The van der Waals surface area contributed by atoms with Crippen LogP contribution in [0.3, 0.4) is 0 Å². The minimum Gasteiger partial charge on any atom is -0.486 e. The van der Waals surface area contributed by atoms with Crippen molar-refractivity contribution in [3.8, 4) is 11.5 Å². The van der Waals surface area contributed by atoms with Crippen LogP contribution in [-0.4, -0.2) is 13.2 Å². The van der Waals surface area contributed by atoms with Crippen LogP contribution in [-0.2, 0) is 6.54 Å². The van der Waals surface area contributed by atoms with E-state index in [-0.39, 0.29) is 5.82 Å². The van der Waals surface area contributed by atoms with Crippen molar-refractivity contribution in [2.75, 3.05) is 18.5 Å². The highest BCUT2D eigenvalue weighted by atomic mass is 79.9. The van der Waals surface area contributed by atoms with Crippen LogP contribution in [0.1, 0.15) is 5.56 Å². The first kappa shape index (κ1) is 14.5. The Balaban J connectivity index is 1.78. The van der Waals surface area contributed by atoms with Gasteiger partial charge < -0.3 is 14.8 Å². The Bertz CT molecular complexity index is 681. The number of hydrogen-bond donors (Lipinski definition) is 1. The van der Waals surface area contributed by atoms with Crippen molar-refractivity contribution < 1.29 is 13.9 Å². The van der Waals surface area contributed by atoms with Gasteiger partial charge in [0, 0.05) is 33.7 Å². The molecule has 0 unspecified atom stereocenters. The maximum Gasteiger partial charge on any atom is 0.163 e. The lowest BCUT2D eigenvalue weighted by atomic mass is 10.2. The lowest BCUT2D eigenvalue weighted by molar-refractivity contribution is 0.171. The van der Waals surface area contributed by atoms with Gasteiger partial charge in [0.2, 0.25) is 0 Å². The van der Waals surface area contributed by atoms with Crippen LogP contribution in [0.4, 0.5) is 10.1 Å². The fraction of sp³-hybridized carbons (Fsp3) is 0.200. The summed E-state index contributed by atoms with van der Waals surface area (Å²) in [6, 6.07) is 8.32. The Labute approximate surface area is 135 Å². The molecule has 1 heterocycles. The van der Waals surface area contributed by atoms with Gasteiger partial charge in [-0.3, -0.25) is 0 Å². The fourth-order valence-electron chi connectivity index (χ4n) is 2.05. The van der Waals surface area contributed by atoms with Gasteiger partial charge in [0.1, 0.15) is 19.0 Å². The van der Waals surface area contributed by atoms with E-state index in [1.807, 2.05) is 12.1 Å². The molecule has 110 valence electrons. The molecule has 0 bridgehead atoms. The molecule has 21 heavy (non-hydrogen) atoms. The molecule has 1 N–H and O–H groups in total. The molecule has 2 aromatic rings. The molecule has 0 radical (unpaired) electrons. The van der Waals surface area contributed by atoms with E-state index in [2.05, 4.69) is 21.2 Å². The van der Waals surface area contributed by atoms with Gasteiger partial charge in [-0.25, -0.2) is 4.39 Å². The number of ether oxygens (including phenoxy) is 2. The number of anilines is 1. The second kappa shape index (κ2) is 6.12. The van der Waals surface area contributed by atoms with E-state index in [0.29, 0.717) is 41.8 Å². The minimum absolute atomic E-state index is 0.330. The highest BCUT2D eigenvalue weighted by Gasteiger charge is 2.15. The minimum atomic E-state index is -0.330. The number of hydrogen-bond acceptors (Lipinski definition) is 3. The van der Waals surface area contributed by atoms with E-state index in [1.165, 1.54) is 6.07 Å². The maximum absolute atomic E-state index is 13.7. The molecule has 0 saturated heterocycles. The van der Waals surface area contributed by atoms with E-state index >= 15 is 0 Å². The van der Waals surface area contributed by atoms with E-state index in [4.69, 9.17) is 21.1 Å². The molecule has 1 aliphatic rings. The second-order valence-corrected chi connectivity index (χ2v) is 5.86. The maximum atomic E-state index is 13.7. The molecule has 2 aromatic carbocycles. The third-order valence-corrected chi connectivity index (χ3v) is 4.01. The summed E-state index contributed by atoms with van der Waals surface area (Å²) in [5, 5.41) is 3.56. The summed E-state index contributed by atoms with van der Waals surface area (Å²) < 4.78 is 25.6. The first-order chi connectivity index (χ1) is 10.1. The summed E-state index contributed by atoms with van der Waals surface area (Å²) in [7, 11) is 0. The summed E-state index contributed by atoms with van der Waals surface area (Å²) in [5.74, 6) is 1.06. The predicted molar refractivity (Wildman–Crippen MR) is 83.9 cm³/mol. The van der Waals surface area contributed by atoms with Gasteiger partial charge in [-0.1, -0.05) is 17.7 Å². The number of benzene rings is 2. The van der Waals surface area contributed by atoms with Gasteiger partial charge >= 0.3 is 0 Å². The third-order valence-electron chi connectivity index (χ3n) is 3.12. The first-order valence-corrected chi connectivity index (χ1v) is 7.57. The molecule has 3 rings (SSSR count). The SMILES string of the molecule is Fc1cc(Cl)ccc1CNc1cc2c(cc1Br)OCCO2. The van der Waals surface area contributed by atoms with Gasteiger partial charge in [0.15, 0.2) is 11.5 Å². The summed E-state index contributed by atoms with van der Waals surface area (Å²) >= 11 is 9.21. The molecular formula is C15H12BrClFNO2. The zero-order chi connectivity index (χ0) is 14.8. The zero-order valence-corrected chi connectivity index (χ0v) is 13.3. The normalized spacial score (nSPS) is 13.1. The molecule has 0 aromatic heterocycles. The lowest BCUT2D eigenvalue weighted by Gasteiger charge is -2.20. The Morgan fingerprint density at radius 3 is 2.57 bits per heavy atom. The number of halogens is 3. The molecule has 6 heteroatoms. The average Bonchev–Trinajstić information content (AvgIpc) is 2.46. The Kier molecular flexibility index (Phi) is 4.22. The van der Waals surface area contributed by atoms with Crippen molar-refractivity contribution in [2.45, 2.75) is 6.54 Å². The average molecular weight is 373 g/mol. The van der Waals surface area contributed by atoms with E-state index in [1.54, 1.807) is 12.1 Å². The smallest absolute Gasteiger partial charge is 0.163 e. The van der Waals surface area contributed by atoms with Crippen LogP contribution in [0.2, 0.25) is 5.02 Å². The van der Waals surface area contributed by atoms with Crippen LogP contribution in [0, 0.1) is 5.82 Å². The van der Waals surface area contributed by atoms with Gasteiger partial charge in [-0.05, 0) is 28.1 Å². The Hall–Kier alpha value is -1.46. The Morgan fingerprint density at radius 2 is 1.86 bits per heavy atom. The third kappa shape index (κ3) is 3.24. The first-order valence-electron chi connectivity index (χ1n) is 6.40. The molecule has 0 aliphatic carbocycles. The largest absolute Gasteiger partial charge is 0.486 e. The Morgan fingerprint density at radius 1 is 1.14 bits per heavy atom. The van der Waals surface area contributed by atoms with E-state index < -0.39 is 0 Å². The topological polar surface area (TPSA) is 30.5 Å². The summed E-state index contributed by atoms with van der Waals surface area (Å²) in [4.78, 5) is 0. The molecular weight excluding hydrogens is 361 g/mol. The van der Waals surface area contributed by atoms with Crippen LogP contribution in [0.15, 0.2) is 34.8 Å². The van der Waals surface area contributed by atoms with Crippen molar-refractivity contribution in [1.29, 1.82) is 0 Å².